The maximum Gasteiger partial charge on any atom is 0.255 e. The highest BCUT2D eigenvalue weighted by Gasteiger charge is 2.28. The number of likely N-dealkylation sites (tertiary alicyclic amines) is 1. The summed E-state index contributed by atoms with van der Waals surface area (Å²) in [6.07, 6.45) is 5.99. The quantitative estimate of drug-likeness (QED) is 0.831. The van der Waals surface area contributed by atoms with E-state index in [1.165, 1.54) is 12.8 Å². The summed E-state index contributed by atoms with van der Waals surface area (Å²) in [5.74, 6) is 2.64. The highest BCUT2D eigenvalue weighted by atomic mass is 16.5. The van der Waals surface area contributed by atoms with Gasteiger partial charge in [-0.1, -0.05) is 5.16 Å². The molecule has 3 heterocycles. The molecule has 2 aliphatic rings. The first-order valence-electron chi connectivity index (χ1n) is 8.87. The van der Waals surface area contributed by atoms with Crippen LogP contribution in [-0.4, -0.2) is 45.6 Å². The standard InChI is InChI=1S/C18H22N4O3/c1-12-20-17(21-25-12)15-3-2-8-22(10-15)18(23)14-6-7-16(19-9-14)24-11-13-4-5-13/h6-7,9,13,15H,2-5,8,10-11H2,1H3/t15-/m0/s1. The summed E-state index contributed by atoms with van der Waals surface area (Å²) in [5, 5.41) is 4.00. The van der Waals surface area contributed by atoms with Gasteiger partial charge in [0.15, 0.2) is 5.82 Å². The van der Waals surface area contributed by atoms with Gasteiger partial charge in [-0.05, 0) is 37.7 Å². The number of hydrogen-bond acceptors (Lipinski definition) is 6. The van der Waals surface area contributed by atoms with E-state index >= 15 is 0 Å². The third-order valence-electron chi connectivity index (χ3n) is 4.76. The van der Waals surface area contributed by atoms with Gasteiger partial charge in [-0.3, -0.25) is 4.79 Å². The van der Waals surface area contributed by atoms with Crippen LogP contribution in [0.2, 0.25) is 0 Å². The third-order valence-corrected chi connectivity index (χ3v) is 4.76. The summed E-state index contributed by atoms with van der Waals surface area (Å²) in [6.45, 7) is 3.85. The zero-order valence-corrected chi connectivity index (χ0v) is 14.4. The highest BCUT2D eigenvalue weighted by molar-refractivity contribution is 5.94. The Morgan fingerprint density at radius 1 is 1.36 bits per heavy atom. The second kappa shape index (κ2) is 6.82. The maximum atomic E-state index is 12.8. The average Bonchev–Trinajstić information content (AvgIpc) is 3.39. The van der Waals surface area contributed by atoms with E-state index in [1.807, 2.05) is 4.90 Å². The number of aryl methyl sites for hydroxylation is 1. The Kier molecular flexibility index (Phi) is 4.38. The predicted molar refractivity (Wildman–Crippen MR) is 89.4 cm³/mol. The summed E-state index contributed by atoms with van der Waals surface area (Å²) in [7, 11) is 0. The summed E-state index contributed by atoms with van der Waals surface area (Å²) < 4.78 is 10.7. The number of ether oxygens (including phenoxy) is 1. The zero-order chi connectivity index (χ0) is 17.2. The number of nitrogens with zero attached hydrogens (tertiary/aromatic N) is 4. The van der Waals surface area contributed by atoms with Crippen LogP contribution < -0.4 is 4.74 Å². The van der Waals surface area contributed by atoms with Crippen LogP contribution in [-0.2, 0) is 0 Å². The molecule has 1 saturated carbocycles. The van der Waals surface area contributed by atoms with Gasteiger partial charge in [0.1, 0.15) is 0 Å². The molecule has 2 fully saturated rings. The van der Waals surface area contributed by atoms with Gasteiger partial charge in [0, 0.05) is 38.2 Å². The Bertz CT molecular complexity index is 739. The Morgan fingerprint density at radius 2 is 2.24 bits per heavy atom. The normalized spacial score (nSPS) is 20.5. The molecular weight excluding hydrogens is 320 g/mol. The molecule has 7 heteroatoms. The van der Waals surface area contributed by atoms with Crippen LogP contribution in [0.15, 0.2) is 22.9 Å². The molecule has 1 saturated heterocycles. The van der Waals surface area contributed by atoms with Crippen molar-refractivity contribution in [1.29, 1.82) is 0 Å². The summed E-state index contributed by atoms with van der Waals surface area (Å²) in [6, 6.07) is 3.57. The molecule has 1 aliphatic carbocycles. The van der Waals surface area contributed by atoms with E-state index in [1.54, 1.807) is 25.3 Å². The molecule has 2 aromatic heterocycles. The predicted octanol–water partition coefficient (Wildman–Crippen LogP) is 2.58. The van der Waals surface area contributed by atoms with Gasteiger partial charge >= 0.3 is 0 Å². The molecule has 0 radical (unpaired) electrons. The van der Waals surface area contributed by atoms with Crippen LogP contribution >= 0.6 is 0 Å². The van der Waals surface area contributed by atoms with Crippen molar-refractivity contribution >= 4 is 5.91 Å². The van der Waals surface area contributed by atoms with Crippen molar-refractivity contribution in [2.24, 2.45) is 5.92 Å². The Morgan fingerprint density at radius 3 is 2.92 bits per heavy atom. The molecule has 0 spiro atoms. The van der Waals surface area contributed by atoms with Crippen molar-refractivity contribution in [3.63, 3.8) is 0 Å². The smallest absolute Gasteiger partial charge is 0.255 e. The number of aromatic nitrogens is 3. The highest BCUT2D eigenvalue weighted by Crippen LogP contribution is 2.29. The minimum Gasteiger partial charge on any atom is -0.477 e. The van der Waals surface area contributed by atoms with Gasteiger partial charge in [0.25, 0.3) is 5.91 Å². The number of carbonyl (C=O) groups is 1. The van der Waals surface area contributed by atoms with Crippen molar-refractivity contribution in [2.75, 3.05) is 19.7 Å². The van der Waals surface area contributed by atoms with Gasteiger partial charge in [-0.15, -0.1) is 0 Å². The van der Waals surface area contributed by atoms with E-state index in [4.69, 9.17) is 9.26 Å². The first-order valence-corrected chi connectivity index (χ1v) is 8.87. The van der Waals surface area contributed by atoms with Gasteiger partial charge in [-0.25, -0.2) is 4.98 Å². The molecule has 7 nitrogen and oxygen atoms in total. The topological polar surface area (TPSA) is 81.4 Å². The minimum absolute atomic E-state index is 0.00819. The van der Waals surface area contributed by atoms with Crippen molar-refractivity contribution in [3.8, 4) is 5.88 Å². The molecule has 1 aliphatic heterocycles. The van der Waals surface area contributed by atoms with Gasteiger partial charge in [0.05, 0.1) is 12.2 Å². The largest absolute Gasteiger partial charge is 0.477 e. The SMILES string of the molecule is Cc1nc([C@H]2CCCN(C(=O)c3ccc(OCC4CC4)nc3)C2)no1. The van der Waals surface area contributed by atoms with Gasteiger partial charge < -0.3 is 14.2 Å². The fraction of sp³-hybridized carbons (Fsp3) is 0.556. The van der Waals surface area contributed by atoms with Crippen molar-refractivity contribution in [3.05, 3.63) is 35.6 Å². The summed E-state index contributed by atoms with van der Waals surface area (Å²) in [5.41, 5.74) is 0.587. The van der Waals surface area contributed by atoms with E-state index in [-0.39, 0.29) is 11.8 Å². The van der Waals surface area contributed by atoms with Crippen molar-refractivity contribution < 1.29 is 14.1 Å². The number of pyridine rings is 1. The molecule has 2 aromatic rings. The van der Waals surface area contributed by atoms with E-state index < -0.39 is 0 Å². The number of piperidine rings is 1. The first kappa shape index (κ1) is 16.1. The fourth-order valence-corrected chi connectivity index (χ4v) is 3.12. The van der Waals surface area contributed by atoms with Crippen LogP contribution in [0.1, 0.15) is 53.7 Å². The second-order valence-corrected chi connectivity index (χ2v) is 6.90. The summed E-state index contributed by atoms with van der Waals surface area (Å²) >= 11 is 0. The van der Waals surface area contributed by atoms with Crippen LogP contribution in [0.25, 0.3) is 0 Å². The first-order chi connectivity index (χ1) is 12.2. The van der Waals surface area contributed by atoms with Crippen LogP contribution in [0.3, 0.4) is 0 Å². The number of hydrogen-bond donors (Lipinski definition) is 0. The Balaban J connectivity index is 1.39. The Hall–Kier alpha value is -2.44. The summed E-state index contributed by atoms with van der Waals surface area (Å²) in [4.78, 5) is 23.2. The molecule has 25 heavy (non-hydrogen) atoms. The van der Waals surface area contributed by atoms with Crippen molar-refractivity contribution in [1.82, 2.24) is 20.0 Å². The molecule has 0 bridgehead atoms. The molecule has 0 aromatic carbocycles. The van der Waals surface area contributed by atoms with E-state index in [0.717, 1.165) is 26.0 Å². The van der Waals surface area contributed by atoms with E-state index in [2.05, 4.69) is 15.1 Å². The lowest BCUT2D eigenvalue weighted by atomic mass is 9.97. The third kappa shape index (κ3) is 3.81. The van der Waals surface area contributed by atoms with Crippen LogP contribution in [0.4, 0.5) is 0 Å². The molecule has 1 atom stereocenters. The number of carbonyl (C=O) groups excluding carboxylic acids is 1. The number of amides is 1. The fourth-order valence-electron chi connectivity index (χ4n) is 3.12. The molecule has 1 amide bonds. The lowest BCUT2D eigenvalue weighted by Gasteiger charge is -2.31. The van der Waals surface area contributed by atoms with Crippen molar-refractivity contribution in [2.45, 2.75) is 38.5 Å². The van der Waals surface area contributed by atoms with Gasteiger partial charge in [0.2, 0.25) is 11.8 Å². The molecule has 0 N–H and O–H groups in total. The average molecular weight is 342 g/mol. The van der Waals surface area contributed by atoms with Gasteiger partial charge in [-0.2, -0.15) is 4.98 Å². The zero-order valence-electron chi connectivity index (χ0n) is 14.4. The Labute approximate surface area is 146 Å². The minimum atomic E-state index is -0.00819. The number of rotatable bonds is 5. The molecular formula is C18H22N4O3. The van der Waals surface area contributed by atoms with E-state index in [9.17, 15) is 4.79 Å². The second-order valence-electron chi connectivity index (χ2n) is 6.90. The maximum absolute atomic E-state index is 12.8. The molecule has 4 rings (SSSR count). The van der Waals surface area contributed by atoms with Crippen LogP contribution in [0.5, 0.6) is 5.88 Å². The lowest BCUT2D eigenvalue weighted by Crippen LogP contribution is -2.39. The van der Waals surface area contributed by atoms with E-state index in [0.29, 0.717) is 35.6 Å². The van der Waals surface area contributed by atoms with Crippen LogP contribution in [0, 0.1) is 12.8 Å². The molecule has 132 valence electrons. The molecule has 0 unspecified atom stereocenters. The lowest BCUT2D eigenvalue weighted by molar-refractivity contribution is 0.0703. The monoisotopic (exact) mass is 342 g/mol.